The molecule has 1 aromatic carbocycles. The van der Waals surface area contributed by atoms with E-state index in [2.05, 4.69) is 19.8 Å². The Hall–Kier alpha value is -5.75. The summed E-state index contributed by atoms with van der Waals surface area (Å²) in [6.07, 6.45) is 5.45. The number of β-lactam (4-membered cyclic amide) rings is 1. The average Bonchev–Trinajstić information content (AvgIpc) is 3.72. The highest BCUT2D eigenvalue weighted by Crippen LogP contribution is 2.45. The zero-order chi connectivity index (χ0) is 36.6. The van der Waals surface area contributed by atoms with Crippen molar-refractivity contribution in [3.63, 3.8) is 0 Å². The smallest absolute Gasteiger partial charge is 0.352 e. The Morgan fingerprint density at radius 2 is 1.90 bits per heavy atom. The summed E-state index contributed by atoms with van der Waals surface area (Å²) in [4.78, 5) is 61.5. The maximum atomic E-state index is 13.5. The summed E-state index contributed by atoms with van der Waals surface area (Å²) in [5.74, 6) is 1.34. The van der Waals surface area contributed by atoms with Gasteiger partial charge in [0.15, 0.2) is 35.6 Å². The second-order valence-electron chi connectivity index (χ2n) is 12.4. The normalized spacial score (nSPS) is 18.1. The van der Waals surface area contributed by atoms with Gasteiger partial charge in [0.2, 0.25) is 11.5 Å². The number of amides is 1. The summed E-state index contributed by atoms with van der Waals surface area (Å²) in [7, 11) is 0. The lowest BCUT2D eigenvalue weighted by Crippen LogP contribution is -2.62. The number of nitrogen functional groups attached to an aromatic ring is 1. The standard InChI is InChI=1S/C33H33N9O7S2/c1-33(2,31(47)48)49-39-25(22-16-51-32(35)37-22)24(43)11-21-28(44)42-26(30(45)46)20(15-50-29(21)42)14-40-9-8-23-19(13-40)7-10-41(23)12-17-3-5-18(6-4-17)27(34)38-36/h3-10,13,16,21,29H,11-12,14-15H2,1-2H3,(H7-,34,35,36,37,38,39,43,45,46,47,48)/p+1/t21-,29-/m1/s1. The molecule has 264 valence electrons. The summed E-state index contributed by atoms with van der Waals surface area (Å²) in [6, 6.07) is 11.5. The first-order valence-electron chi connectivity index (χ1n) is 15.5. The van der Waals surface area contributed by atoms with Crippen LogP contribution < -0.4 is 21.9 Å². The van der Waals surface area contributed by atoms with Gasteiger partial charge in [-0.1, -0.05) is 29.4 Å². The van der Waals surface area contributed by atoms with Crippen LogP contribution in [0, 0.1) is 5.92 Å². The van der Waals surface area contributed by atoms with Gasteiger partial charge in [0.05, 0.1) is 22.2 Å². The molecule has 0 saturated carbocycles. The molecule has 1 fully saturated rings. The fourth-order valence-electron chi connectivity index (χ4n) is 5.77. The van der Waals surface area contributed by atoms with E-state index >= 15 is 0 Å². The number of carbonyl (C=O) groups excluding carboxylic acids is 2. The summed E-state index contributed by atoms with van der Waals surface area (Å²) in [5.41, 5.74) is 12.8. The maximum Gasteiger partial charge on any atom is 0.352 e. The first kappa shape index (κ1) is 35.1. The Morgan fingerprint density at radius 3 is 2.55 bits per heavy atom. The van der Waals surface area contributed by atoms with Crippen molar-refractivity contribution in [1.29, 1.82) is 0 Å². The van der Waals surface area contributed by atoms with Crippen molar-refractivity contribution in [2.24, 2.45) is 27.8 Å². The number of hydrogen-bond donors (Lipinski definition) is 5. The van der Waals surface area contributed by atoms with Crippen LogP contribution in [0.25, 0.3) is 10.9 Å². The van der Waals surface area contributed by atoms with E-state index in [1.165, 1.54) is 35.9 Å². The number of pyridine rings is 1. The van der Waals surface area contributed by atoms with E-state index in [-0.39, 0.29) is 41.0 Å². The fraction of sp³-hybridized carbons (Fsp3) is 0.273. The quantitative estimate of drug-likeness (QED) is 0.0329. The molecule has 18 heteroatoms. The third kappa shape index (κ3) is 7.00. The van der Waals surface area contributed by atoms with E-state index in [9.17, 15) is 29.4 Å². The molecule has 6 rings (SSSR count). The molecule has 2 atom stereocenters. The largest absolute Gasteiger partial charge is 0.478 e. The van der Waals surface area contributed by atoms with Crippen LogP contribution in [0.3, 0.4) is 0 Å². The molecule has 51 heavy (non-hydrogen) atoms. The Balaban J connectivity index is 1.17. The highest BCUT2D eigenvalue weighted by molar-refractivity contribution is 8.00. The van der Waals surface area contributed by atoms with Crippen LogP contribution in [-0.2, 0) is 37.1 Å². The average molecular weight is 733 g/mol. The molecule has 8 N–H and O–H groups in total. The van der Waals surface area contributed by atoms with Gasteiger partial charge in [0, 0.05) is 47.5 Å². The molecule has 0 bridgehead atoms. The second kappa shape index (κ2) is 13.9. The van der Waals surface area contributed by atoms with Crippen LogP contribution in [-0.4, -0.2) is 76.6 Å². The molecule has 0 unspecified atom stereocenters. The predicted molar refractivity (Wildman–Crippen MR) is 189 cm³/mol. The number of aromatic nitrogens is 3. The van der Waals surface area contributed by atoms with E-state index < -0.39 is 40.5 Å². The SMILES string of the molecule is CC(C)(O/N=C(\C(=O)C[C@@H]1C(=O)N2C(C(=O)O)=C(C[n+]3ccc4c(ccn4Cc4ccc(C(N)=NN)cc4)c3)CS[C@H]12)c1csc(N)n1)C(=O)O. The first-order valence-corrected chi connectivity index (χ1v) is 17.4. The number of hydrazone groups is 1. The number of anilines is 1. The van der Waals surface area contributed by atoms with E-state index in [1.54, 1.807) is 0 Å². The number of carbonyl (C=O) groups is 4. The monoisotopic (exact) mass is 732 g/mol. The number of benzene rings is 1. The topological polar surface area (TPSA) is 246 Å². The molecular weight excluding hydrogens is 699 g/mol. The van der Waals surface area contributed by atoms with Crippen molar-refractivity contribution < 1.29 is 38.8 Å². The number of thiazole rings is 1. The Morgan fingerprint density at radius 1 is 1.16 bits per heavy atom. The molecular formula is C33H34N9O7S2+. The molecule has 2 aliphatic heterocycles. The number of nitrogens with two attached hydrogens (primary N) is 3. The van der Waals surface area contributed by atoms with E-state index in [0.717, 1.165) is 33.4 Å². The van der Waals surface area contributed by atoms with Crippen LogP contribution in [0.4, 0.5) is 5.13 Å². The van der Waals surface area contributed by atoms with Gasteiger partial charge in [-0.25, -0.2) is 19.1 Å². The third-order valence-electron chi connectivity index (χ3n) is 8.56. The number of carboxylic acids is 2. The van der Waals surface area contributed by atoms with Gasteiger partial charge >= 0.3 is 11.9 Å². The van der Waals surface area contributed by atoms with Gasteiger partial charge in [-0.2, -0.15) is 5.10 Å². The number of rotatable bonds is 13. The number of aliphatic carboxylic acids is 2. The molecule has 1 amide bonds. The van der Waals surface area contributed by atoms with Crippen LogP contribution >= 0.6 is 23.1 Å². The number of amidine groups is 1. The molecule has 0 radical (unpaired) electrons. The Kier molecular flexibility index (Phi) is 9.54. The lowest BCUT2D eigenvalue weighted by Gasteiger charge is -2.49. The van der Waals surface area contributed by atoms with Gasteiger partial charge < -0.3 is 36.9 Å². The molecule has 1 saturated heterocycles. The van der Waals surface area contributed by atoms with Crippen LogP contribution in [0.2, 0.25) is 0 Å². The Bertz CT molecular complexity index is 2150. The van der Waals surface area contributed by atoms with E-state index in [1.807, 2.05) is 59.6 Å². The number of oxime groups is 1. The highest BCUT2D eigenvalue weighted by atomic mass is 32.2. The van der Waals surface area contributed by atoms with Gasteiger partial charge in [0.25, 0.3) is 0 Å². The fourth-order valence-corrected chi connectivity index (χ4v) is 7.72. The van der Waals surface area contributed by atoms with E-state index in [4.69, 9.17) is 22.1 Å². The number of Topliss-reactive ketones (excluding diaryl/α,β-unsaturated/α-hetero) is 1. The first-order chi connectivity index (χ1) is 24.3. The zero-order valence-corrected chi connectivity index (χ0v) is 29.1. The van der Waals surface area contributed by atoms with E-state index in [0.29, 0.717) is 17.9 Å². The highest BCUT2D eigenvalue weighted by Gasteiger charge is 2.54. The summed E-state index contributed by atoms with van der Waals surface area (Å²) >= 11 is 2.42. The zero-order valence-electron chi connectivity index (χ0n) is 27.4. The minimum absolute atomic E-state index is 0.0828. The molecule has 4 aromatic rings. The van der Waals surface area contributed by atoms with Crippen LogP contribution in [0.1, 0.15) is 37.1 Å². The van der Waals surface area contributed by atoms with Gasteiger partial charge in [-0.3, -0.25) is 14.5 Å². The number of hydrogen-bond acceptors (Lipinski definition) is 12. The second-order valence-corrected chi connectivity index (χ2v) is 14.4. The predicted octanol–water partition coefficient (Wildman–Crippen LogP) is 1.71. The maximum absolute atomic E-state index is 13.5. The number of fused-ring (bicyclic) bond motifs is 2. The number of thioether (sulfide) groups is 1. The third-order valence-corrected chi connectivity index (χ3v) is 10.6. The van der Waals surface area contributed by atoms with Gasteiger partial charge in [-0.15, -0.1) is 23.1 Å². The van der Waals surface area contributed by atoms with Crippen LogP contribution in [0.15, 0.2) is 81.9 Å². The lowest BCUT2D eigenvalue weighted by atomic mass is 9.89. The number of nitrogens with zero attached hydrogens (tertiary/aromatic N) is 6. The number of carboxylic acid groups (broad SMARTS) is 2. The van der Waals surface area contributed by atoms with Crippen molar-refractivity contribution in [1.82, 2.24) is 14.5 Å². The summed E-state index contributed by atoms with van der Waals surface area (Å²) in [5, 5.41) is 29.0. The van der Waals surface area contributed by atoms with Crippen molar-refractivity contribution in [2.75, 3.05) is 11.5 Å². The van der Waals surface area contributed by atoms with Gasteiger partial charge in [0.1, 0.15) is 17.2 Å². The lowest BCUT2D eigenvalue weighted by molar-refractivity contribution is -0.687. The number of ketones is 1. The minimum Gasteiger partial charge on any atom is -0.478 e. The molecule has 3 aromatic heterocycles. The Labute approximate surface area is 298 Å². The van der Waals surface area contributed by atoms with Crippen molar-refractivity contribution in [2.45, 2.75) is 44.3 Å². The summed E-state index contributed by atoms with van der Waals surface area (Å²) < 4.78 is 3.97. The minimum atomic E-state index is -1.75. The molecule has 0 spiro atoms. The molecule has 0 aliphatic carbocycles. The van der Waals surface area contributed by atoms with Crippen molar-refractivity contribution in [3.8, 4) is 0 Å². The van der Waals surface area contributed by atoms with Crippen molar-refractivity contribution in [3.05, 3.63) is 88.5 Å². The van der Waals surface area contributed by atoms with Gasteiger partial charge in [-0.05, 0) is 25.5 Å². The van der Waals surface area contributed by atoms with Crippen molar-refractivity contribution >= 4 is 74.3 Å². The molecule has 2 aliphatic rings. The summed E-state index contributed by atoms with van der Waals surface area (Å²) in [6.45, 7) is 3.39. The van der Waals surface area contributed by atoms with Crippen LogP contribution in [0.5, 0.6) is 0 Å². The molecule has 16 nitrogen and oxygen atoms in total. The molecule has 5 heterocycles.